The minimum absolute atomic E-state index is 0.354. The van der Waals surface area contributed by atoms with Gasteiger partial charge >= 0.3 is 0 Å². The second kappa shape index (κ2) is 6.91. The molecule has 0 amide bonds. The van der Waals surface area contributed by atoms with Crippen molar-refractivity contribution >= 4 is 22.7 Å². The predicted molar refractivity (Wildman–Crippen MR) is 76.8 cm³/mol. The van der Waals surface area contributed by atoms with Crippen LogP contribution in [-0.4, -0.2) is 13.1 Å². The first-order valence-corrected chi connectivity index (χ1v) is 7.68. The minimum atomic E-state index is 0.354. The van der Waals surface area contributed by atoms with Gasteiger partial charge in [-0.15, -0.1) is 22.7 Å². The molecule has 0 aliphatic rings. The van der Waals surface area contributed by atoms with Gasteiger partial charge in [0.05, 0.1) is 6.04 Å². The van der Waals surface area contributed by atoms with Crippen molar-refractivity contribution in [2.75, 3.05) is 13.1 Å². The maximum Gasteiger partial charge on any atom is 0.0764 e. The maximum absolute atomic E-state index is 5.51. The Labute approximate surface area is 110 Å². The number of thiophene rings is 2. The van der Waals surface area contributed by atoms with Crippen LogP contribution in [0.2, 0.25) is 0 Å². The zero-order valence-electron chi connectivity index (χ0n) is 9.76. The number of nitrogens with one attached hydrogen (secondary N) is 1. The van der Waals surface area contributed by atoms with Crippen LogP contribution in [0.5, 0.6) is 0 Å². The fourth-order valence-corrected chi connectivity index (χ4v) is 3.48. The van der Waals surface area contributed by atoms with Gasteiger partial charge in [0, 0.05) is 9.75 Å². The molecule has 0 atom stereocenters. The molecular weight excluding hydrogens is 248 g/mol. The summed E-state index contributed by atoms with van der Waals surface area (Å²) in [7, 11) is 0. The smallest absolute Gasteiger partial charge is 0.0764 e. The van der Waals surface area contributed by atoms with Gasteiger partial charge in [0.1, 0.15) is 0 Å². The van der Waals surface area contributed by atoms with E-state index in [1.165, 1.54) is 9.75 Å². The number of hydrogen-bond acceptors (Lipinski definition) is 4. The normalized spacial score (nSPS) is 11.2. The molecule has 2 nitrogen and oxygen atoms in total. The van der Waals surface area contributed by atoms with Crippen molar-refractivity contribution in [2.24, 2.45) is 5.73 Å². The molecule has 0 fully saturated rings. The van der Waals surface area contributed by atoms with Gasteiger partial charge in [0.15, 0.2) is 0 Å². The molecule has 2 heterocycles. The Hall–Kier alpha value is -0.680. The highest BCUT2D eigenvalue weighted by Gasteiger charge is 2.14. The largest absolute Gasteiger partial charge is 0.330 e. The Morgan fingerprint density at radius 1 is 1.06 bits per heavy atom. The molecule has 3 N–H and O–H groups in total. The molecule has 0 radical (unpaired) electrons. The molecule has 0 aliphatic carbocycles. The maximum atomic E-state index is 5.51. The second-order valence-corrected chi connectivity index (χ2v) is 5.87. The first-order valence-electron chi connectivity index (χ1n) is 5.92. The zero-order valence-corrected chi connectivity index (χ0v) is 11.4. The number of rotatable bonds is 7. The van der Waals surface area contributed by atoms with Crippen LogP contribution in [-0.2, 0) is 0 Å². The van der Waals surface area contributed by atoms with Crippen LogP contribution in [0.4, 0.5) is 0 Å². The monoisotopic (exact) mass is 266 g/mol. The van der Waals surface area contributed by atoms with Crippen molar-refractivity contribution in [1.29, 1.82) is 0 Å². The molecule has 2 aromatic heterocycles. The molecule has 0 saturated heterocycles. The molecule has 0 saturated carbocycles. The lowest BCUT2D eigenvalue weighted by Gasteiger charge is -2.15. The summed E-state index contributed by atoms with van der Waals surface area (Å²) in [5, 5.41) is 7.90. The third-order valence-corrected chi connectivity index (χ3v) is 4.51. The van der Waals surface area contributed by atoms with Gasteiger partial charge < -0.3 is 11.1 Å². The Morgan fingerprint density at radius 3 is 2.18 bits per heavy atom. The summed E-state index contributed by atoms with van der Waals surface area (Å²) in [4.78, 5) is 2.78. The highest BCUT2D eigenvalue weighted by molar-refractivity contribution is 7.11. The van der Waals surface area contributed by atoms with Crippen LogP contribution in [0.25, 0.3) is 0 Å². The Morgan fingerprint density at radius 2 is 1.71 bits per heavy atom. The summed E-state index contributed by atoms with van der Waals surface area (Å²) in [6, 6.07) is 8.98. The lowest BCUT2D eigenvalue weighted by molar-refractivity contribution is 0.582. The van der Waals surface area contributed by atoms with E-state index < -0.39 is 0 Å². The second-order valence-electron chi connectivity index (χ2n) is 3.91. The van der Waals surface area contributed by atoms with E-state index in [-0.39, 0.29) is 0 Å². The third kappa shape index (κ3) is 3.64. The predicted octanol–water partition coefficient (Wildman–Crippen LogP) is 3.23. The molecule has 0 unspecified atom stereocenters. The lowest BCUT2D eigenvalue weighted by Crippen LogP contribution is -2.22. The van der Waals surface area contributed by atoms with E-state index in [1.807, 2.05) is 22.7 Å². The summed E-state index contributed by atoms with van der Waals surface area (Å²) in [6.45, 7) is 1.81. The summed E-state index contributed by atoms with van der Waals surface area (Å²) >= 11 is 3.63. The summed E-state index contributed by atoms with van der Waals surface area (Å²) in [6.07, 6.45) is 2.23. The van der Waals surface area contributed by atoms with E-state index in [1.54, 1.807) is 0 Å². The summed E-state index contributed by atoms with van der Waals surface area (Å²) in [5.74, 6) is 0. The molecule has 0 bridgehead atoms. The van der Waals surface area contributed by atoms with Crippen molar-refractivity contribution in [3.05, 3.63) is 44.8 Å². The Balaban J connectivity index is 1.99. The van der Waals surface area contributed by atoms with Crippen molar-refractivity contribution in [1.82, 2.24) is 5.32 Å². The standard InChI is InChI=1S/C13H18N2S2/c14-7-1-2-8-15-13(11-5-3-9-16-11)12-6-4-10-17-12/h3-6,9-10,13,15H,1-2,7-8,14H2. The van der Waals surface area contributed by atoms with Gasteiger partial charge in [0.2, 0.25) is 0 Å². The fourth-order valence-electron chi connectivity index (χ4n) is 1.77. The fraction of sp³-hybridized carbons (Fsp3) is 0.385. The van der Waals surface area contributed by atoms with Crippen molar-refractivity contribution in [3.8, 4) is 0 Å². The molecule has 0 aromatic carbocycles. The summed E-state index contributed by atoms with van der Waals surface area (Å²) in [5.41, 5.74) is 5.51. The number of hydrogen-bond donors (Lipinski definition) is 2. The molecule has 17 heavy (non-hydrogen) atoms. The molecule has 92 valence electrons. The van der Waals surface area contributed by atoms with Crippen molar-refractivity contribution < 1.29 is 0 Å². The number of nitrogens with two attached hydrogens (primary N) is 1. The van der Waals surface area contributed by atoms with Crippen molar-refractivity contribution in [2.45, 2.75) is 18.9 Å². The third-order valence-electron chi connectivity index (χ3n) is 2.63. The summed E-state index contributed by atoms with van der Waals surface area (Å²) < 4.78 is 0. The van der Waals surface area contributed by atoms with Crippen LogP contribution in [0.3, 0.4) is 0 Å². The first kappa shape index (κ1) is 12.8. The van der Waals surface area contributed by atoms with Crippen molar-refractivity contribution in [3.63, 3.8) is 0 Å². The molecule has 2 rings (SSSR count). The first-order chi connectivity index (χ1) is 8.42. The highest BCUT2D eigenvalue weighted by Crippen LogP contribution is 2.28. The molecule has 2 aromatic rings. The van der Waals surface area contributed by atoms with E-state index in [2.05, 4.69) is 40.3 Å². The average molecular weight is 266 g/mol. The van der Waals surface area contributed by atoms with E-state index in [0.717, 1.165) is 25.9 Å². The van der Waals surface area contributed by atoms with Gasteiger partial charge in [-0.1, -0.05) is 12.1 Å². The van der Waals surface area contributed by atoms with Crippen LogP contribution in [0.1, 0.15) is 28.6 Å². The Bertz CT molecular complexity index is 361. The topological polar surface area (TPSA) is 38.0 Å². The van der Waals surface area contributed by atoms with E-state index >= 15 is 0 Å². The van der Waals surface area contributed by atoms with Gasteiger partial charge in [0.25, 0.3) is 0 Å². The molecule has 0 spiro atoms. The molecular formula is C13H18N2S2. The highest BCUT2D eigenvalue weighted by atomic mass is 32.1. The van der Waals surface area contributed by atoms with Crippen LogP contribution < -0.4 is 11.1 Å². The van der Waals surface area contributed by atoms with Gasteiger partial charge in [-0.3, -0.25) is 0 Å². The molecule has 0 aliphatic heterocycles. The lowest BCUT2D eigenvalue weighted by atomic mass is 10.2. The van der Waals surface area contributed by atoms with E-state index in [0.29, 0.717) is 6.04 Å². The minimum Gasteiger partial charge on any atom is -0.330 e. The van der Waals surface area contributed by atoms with Gasteiger partial charge in [-0.25, -0.2) is 0 Å². The van der Waals surface area contributed by atoms with Crippen LogP contribution in [0, 0.1) is 0 Å². The molecule has 4 heteroatoms. The Kier molecular flexibility index (Phi) is 5.19. The SMILES string of the molecule is NCCCCNC(c1cccs1)c1cccs1. The zero-order chi connectivity index (χ0) is 11.9. The van der Waals surface area contributed by atoms with E-state index in [9.17, 15) is 0 Å². The quantitative estimate of drug-likeness (QED) is 0.755. The van der Waals surface area contributed by atoms with Crippen LogP contribution >= 0.6 is 22.7 Å². The van der Waals surface area contributed by atoms with Gasteiger partial charge in [-0.05, 0) is 48.8 Å². The number of unbranched alkanes of at least 4 members (excludes halogenated alkanes) is 1. The van der Waals surface area contributed by atoms with Crippen LogP contribution in [0.15, 0.2) is 35.0 Å². The average Bonchev–Trinajstić information content (AvgIpc) is 3.02. The van der Waals surface area contributed by atoms with Gasteiger partial charge in [-0.2, -0.15) is 0 Å². The van der Waals surface area contributed by atoms with E-state index in [4.69, 9.17) is 5.73 Å².